The van der Waals surface area contributed by atoms with Gasteiger partial charge in [0, 0.05) is 12.1 Å². The Morgan fingerprint density at radius 2 is 2.15 bits per heavy atom. The summed E-state index contributed by atoms with van der Waals surface area (Å²) in [5.74, 6) is -2.88. The van der Waals surface area contributed by atoms with Crippen molar-refractivity contribution < 1.29 is 23.9 Å². The van der Waals surface area contributed by atoms with E-state index >= 15 is 0 Å². The summed E-state index contributed by atoms with van der Waals surface area (Å²) in [6.45, 7) is 1.04. The molecular weight excluding hydrogens is 267 g/mol. The van der Waals surface area contributed by atoms with E-state index in [9.17, 15) is 18.8 Å². The normalized spacial score (nSPS) is 18.6. The van der Waals surface area contributed by atoms with Gasteiger partial charge in [-0.3, -0.25) is 9.59 Å². The summed E-state index contributed by atoms with van der Waals surface area (Å²) in [6.07, 6.45) is 0. The van der Waals surface area contributed by atoms with Gasteiger partial charge in [0.1, 0.15) is 18.4 Å². The molecule has 0 radical (unpaired) electrons. The van der Waals surface area contributed by atoms with E-state index < -0.39 is 29.6 Å². The minimum absolute atomic E-state index is 0.0223. The second-order valence-corrected chi connectivity index (χ2v) is 4.56. The van der Waals surface area contributed by atoms with Gasteiger partial charge in [-0.2, -0.15) is 0 Å². The Labute approximate surface area is 114 Å². The molecule has 6 nitrogen and oxygen atoms in total. The zero-order chi connectivity index (χ0) is 14.9. The molecule has 1 aliphatic heterocycles. The van der Waals surface area contributed by atoms with Crippen LogP contribution in [0.3, 0.4) is 0 Å². The van der Waals surface area contributed by atoms with Crippen LogP contribution in [-0.4, -0.2) is 46.9 Å². The molecule has 2 amide bonds. The summed E-state index contributed by atoms with van der Waals surface area (Å²) >= 11 is 0. The van der Waals surface area contributed by atoms with Gasteiger partial charge in [0.2, 0.25) is 5.91 Å². The fourth-order valence-electron chi connectivity index (χ4n) is 1.97. The molecule has 1 fully saturated rings. The number of hydrogen-bond acceptors (Lipinski definition) is 3. The number of rotatable bonds is 2. The van der Waals surface area contributed by atoms with Gasteiger partial charge in [-0.1, -0.05) is 6.07 Å². The Balaban J connectivity index is 2.31. The lowest BCUT2D eigenvalue weighted by Gasteiger charge is -2.32. The van der Waals surface area contributed by atoms with Crippen LogP contribution in [0.1, 0.15) is 15.9 Å². The molecule has 2 rings (SSSR count). The average molecular weight is 280 g/mol. The highest BCUT2D eigenvalue weighted by molar-refractivity contribution is 5.99. The smallest absolute Gasteiger partial charge is 0.328 e. The number of aliphatic carboxylic acids is 1. The van der Waals surface area contributed by atoms with Crippen LogP contribution in [0.15, 0.2) is 18.2 Å². The van der Waals surface area contributed by atoms with Crippen LogP contribution in [0.5, 0.6) is 0 Å². The summed E-state index contributed by atoms with van der Waals surface area (Å²) in [5.41, 5.74) is 0.404. The first-order valence-electron chi connectivity index (χ1n) is 5.97. The SMILES string of the molecule is Cc1ccc(C(=O)N2CC(=O)NCC2C(=O)O)cc1F. The van der Waals surface area contributed by atoms with Gasteiger partial charge in [-0.05, 0) is 24.6 Å². The first kappa shape index (κ1) is 14.0. The summed E-state index contributed by atoms with van der Waals surface area (Å²) in [5, 5.41) is 11.5. The molecule has 0 aromatic heterocycles. The van der Waals surface area contributed by atoms with Gasteiger partial charge >= 0.3 is 5.97 Å². The highest BCUT2D eigenvalue weighted by Gasteiger charge is 2.35. The van der Waals surface area contributed by atoms with E-state index in [1.807, 2.05) is 0 Å². The van der Waals surface area contributed by atoms with Crippen LogP contribution in [-0.2, 0) is 9.59 Å². The standard InChI is InChI=1S/C13H13FN2O4/c1-7-2-3-8(4-9(7)14)12(18)16-6-11(17)15-5-10(16)13(19)20/h2-4,10H,5-6H2,1H3,(H,15,17)(H,19,20). The van der Waals surface area contributed by atoms with Gasteiger partial charge in [0.05, 0.1) is 0 Å². The molecule has 1 aromatic rings. The minimum Gasteiger partial charge on any atom is -0.480 e. The lowest BCUT2D eigenvalue weighted by Crippen LogP contribution is -2.59. The van der Waals surface area contributed by atoms with Gasteiger partial charge in [-0.25, -0.2) is 9.18 Å². The summed E-state index contributed by atoms with van der Waals surface area (Å²) in [6, 6.07) is 2.74. The number of aryl methyl sites for hydroxylation is 1. The van der Waals surface area contributed by atoms with Crippen LogP contribution in [0.2, 0.25) is 0 Å². The maximum atomic E-state index is 13.5. The van der Waals surface area contributed by atoms with Crippen molar-refractivity contribution in [1.29, 1.82) is 0 Å². The maximum absolute atomic E-state index is 13.5. The largest absolute Gasteiger partial charge is 0.480 e. The Morgan fingerprint density at radius 1 is 1.45 bits per heavy atom. The molecule has 0 saturated carbocycles. The third-order valence-electron chi connectivity index (χ3n) is 3.15. The number of carbonyl (C=O) groups excluding carboxylic acids is 2. The third-order valence-corrected chi connectivity index (χ3v) is 3.15. The molecule has 1 atom stereocenters. The Hall–Kier alpha value is -2.44. The van der Waals surface area contributed by atoms with Crippen molar-refractivity contribution in [3.05, 3.63) is 35.1 Å². The number of amides is 2. The quantitative estimate of drug-likeness (QED) is 0.808. The fraction of sp³-hybridized carbons (Fsp3) is 0.308. The van der Waals surface area contributed by atoms with Crippen molar-refractivity contribution in [3.8, 4) is 0 Å². The molecule has 1 saturated heterocycles. The van der Waals surface area contributed by atoms with Crippen molar-refractivity contribution in [1.82, 2.24) is 10.2 Å². The van der Waals surface area contributed by atoms with E-state index in [0.717, 1.165) is 11.0 Å². The Kier molecular flexibility index (Phi) is 3.69. The number of nitrogens with zero attached hydrogens (tertiary/aromatic N) is 1. The lowest BCUT2D eigenvalue weighted by atomic mass is 10.1. The summed E-state index contributed by atoms with van der Waals surface area (Å²) in [4.78, 5) is 35.6. The molecule has 1 unspecified atom stereocenters. The van der Waals surface area contributed by atoms with Crippen molar-refractivity contribution in [2.75, 3.05) is 13.1 Å². The van der Waals surface area contributed by atoms with Crippen LogP contribution in [0.25, 0.3) is 0 Å². The number of carboxylic acid groups (broad SMARTS) is 1. The molecule has 1 heterocycles. The van der Waals surface area contributed by atoms with Crippen LogP contribution in [0, 0.1) is 12.7 Å². The molecule has 1 aliphatic rings. The van der Waals surface area contributed by atoms with Gasteiger partial charge < -0.3 is 15.3 Å². The number of piperazine rings is 1. The van der Waals surface area contributed by atoms with Crippen LogP contribution >= 0.6 is 0 Å². The first-order chi connectivity index (χ1) is 9.40. The molecule has 2 N–H and O–H groups in total. The predicted molar refractivity (Wildman–Crippen MR) is 66.6 cm³/mol. The topological polar surface area (TPSA) is 86.7 Å². The van der Waals surface area contributed by atoms with E-state index in [2.05, 4.69) is 5.32 Å². The van der Waals surface area contributed by atoms with E-state index in [1.54, 1.807) is 6.92 Å². The molecular formula is C13H13FN2O4. The van der Waals surface area contributed by atoms with E-state index in [-0.39, 0.29) is 18.7 Å². The lowest BCUT2D eigenvalue weighted by molar-refractivity contribution is -0.144. The zero-order valence-electron chi connectivity index (χ0n) is 10.7. The summed E-state index contributed by atoms with van der Waals surface area (Å²) < 4.78 is 13.5. The number of carbonyl (C=O) groups is 3. The molecule has 106 valence electrons. The number of carboxylic acids is 1. The highest BCUT2D eigenvalue weighted by atomic mass is 19.1. The number of hydrogen-bond donors (Lipinski definition) is 2. The van der Waals surface area contributed by atoms with E-state index in [0.29, 0.717) is 5.56 Å². The molecule has 7 heteroatoms. The predicted octanol–water partition coefficient (Wildman–Crippen LogP) is 0.159. The number of halogens is 1. The second kappa shape index (κ2) is 5.28. The van der Waals surface area contributed by atoms with Gasteiger partial charge in [0.15, 0.2) is 0 Å². The minimum atomic E-state index is -1.22. The molecule has 1 aromatic carbocycles. The highest BCUT2D eigenvalue weighted by Crippen LogP contribution is 2.14. The number of nitrogens with one attached hydrogen (secondary N) is 1. The Bertz CT molecular complexity index is 588. The molecule has 20 heavy (non-hydrogen) atoms. The zero-order valence-corrected chi connectivity index (χ0v) is 10.7. The monoisotopic (exact) mass is 280 g/mol. The molecule has 0 bridgehead atoms. The van der Waals surface area contributed by atoms with Crippen molar-refractivity contribution in [2.45, 2.75) is 13.0 Å². The van der Waals surface area contributed by atoms with Crippen molar-refractivity contribution in [3.63, 3.8) is 0 Å². The molecule has 0 aliphatic carbocycles. The van der Waals surface area contributed by atoms with Gasteiger partial charge in [0.25, 0.3) is 5.91 Å². The van der Waals surface area contributed by atoms with Crippen LogP contribution in [0.4, 0.5) is 4.39 Å². The third kappa shape index (κ3) is 2.61. The van der Waals surface area contributed by atoms with Crippen molar-refractivity contribution >= 4 is 17.8 Å². The first-order valence-corrected chi connectivity index (χ1v) is 5.97. The maximum Gasteiger partial charge on any atom is 0.328 e. The summed E-state index contributed by atoms with van der Waals surface area (Å²) in [7, 11) is 0. The molecule has 0 spiro atoms. The van der Waals surface area contributed by atoms with Crippen molar-refractivity contribution in [2.24, 2.45) is 0 Å². The Morgan fingerprint density at radius 3 is 2.75 bits per heavy atom. The van der Waals surface area contributed by atoms with E-state index in [4.69, 9.17) is 5.11 Å². The average Bonchev–Trinajstić information content (AvgIpc) is 2.40. The van der Waals surface area contributed by atoms with E-state index in [1.165, 1.54) is 12.1 Å². The fourth-order valence-corrected chi connectivity index (χ4v) is 1.97. The number of benzene rings is 1. The second-order valence-electron chi connectivity index (χ2n) is 4.56. The van der Waals surface area contributed by atoms with Crippen LogP contribution < -0.4 is 5.32 Å². The van der Waals surface area contributed by atoms with Gasteiger partial charge in [-0.15, -0.1) is 0 Å².